The number of hydrogen-bond acceptors (Lipinski definition) is 2. The van der Waals surface area contributed by atoms with Crippen molar-refractivity contribution >= 4 is 17.6 Å². The second-order valence-corrected chi connectivity index (χ2v) is 6.16. The number of aliphatic imine (C=N–C) groups is 1. The van der Waals surface area contributed by atoms with Crippen LogP contribution in [-0.2, 0) is 11.3 Å². The maximum atomic E-state index is 12.2. The number of nitrogens with one attached hydrogen (secondary N) is 2. The molecule has 26 heavy (non-hydrogen) atoms. The van der Waals surface area contributed by atoms with Crippen molar-refractivity contribution in [1.29, 1.82) is 0 Å². The molecular formula is C18H25F3N4O. The van der Waals surface area contributed by atoms with Gasteiger partial charge in [-0.05, 0) is 37.5 Å². The van der Waals surface area contributed by atoms with Crippen LogP contribution < -0.4 is 15.5 Å². The number of rotatable bonds is 6. The summed E-state index contributed by atoms with van der Waals surface area (Å²) in [5.41, 5.74) is 1.80. The maximum absolute atomic E-state index is 12.2. The average molecular weight is 370 g/mol. The van der Waals surface area contributed by atoms with Crippen molar-refractivity contribution in [1.82, 2.24) is 10.6 Å². The minimum Gasteiger partial charge on any atom is -0.357 e. The van der Waals surface area contributed by atoms with E-state index in [1.165, 1.54) is 0 Å². The van der Waals surface area contributed by atoms with Gasteiger partial charge in [-0.1, -0.05) is 12.1 Å². The molecule has 1 aliphatic rings. The molecule has 2 rings (SSSR count). The van der Waals surface area contributed by atoms with Crippen LogP contribution in [0.15, 0.2) is 29.3 Å². The first-order valence-electron chi connectivity index (χ1n) is 8.87. The molecule has 2 N–H and O–H groups in total. The third kappa shape index (κ3) is 6.57. The minimum absolute atomic E-state index is 0.144. The molecule has 0 atom stereocenters. The molecule has 0 radical (unpaired) electrons. The van der Waals surface area contributed by atoms with Gasteiger partial charge in [0, 0.05) is 31.7 Å². The van der Waals surface area contributed by atoms with Gasteiger partial charge in [-0.2, -0.15) is 13.2 Å². The van der Waals surface area contributed by atoms with Crippen molar-refractivity contribution in [2.24, 2.45) is 4.99 Å². The van der Waals surface area contributed by atoms with Gasteiger partial charge in [-0.3, -0.25) is 4.79 Å². The maximum Gasteiger partial charge on any atom is 0.390 e. The Labute approximate surface area is 151 Å². The SMILES string of the molecule is CCNC(=NCc1ccc(N2CCCCC2=O)cc1)NCCC(F)(F)F. The fraction of sp³-hybridized carbons (Fsp3) is 0.556. The predicted molar refractivity (Wildman–Crippen MR) is 96.1 cm³/mol. The van der Waals surface area contributed by atoms with Crippen LogP contribution in [-0.4, -0.2) is 37.7 Å². The first-order valence-corrected chi connectivity index (χ1v) is 8.87. The fourth-order valence-electron chi connectivity index (χ4n) is 2.69. The lowest BCUT2D eigenvalue weighted by molar-refractivity contribution is -0.132. The molecule has 0 aromatic heterocycles. The zero-order valence-corrected chi connectivity index (χ0v) is 14.9. The van der Waals surface area contributed by atoms with Crippen LogP contribution in [0.4, 0.5) is 18.9 Å². The van der Waals surface area contributed by atoms with Gasteiger partial charge in [0.2, 0.25) is 5.91 Å². The molecule has 0 unspecified atom stereocenters. The Morgan fingerprint density at radius 3 is 2.54 bits per heavy atom. The monoisotopic (exact) mass is 370 g/mol. The van der Waals surface area contributed by atoms with Gasteiger partial charge in [-0.25, -0.2) is 4.99 Å². The number of nitrogens with zero attached hydrogens (tertiary/aromatic N) is 2. The first kappa shape index (κ1) is 20.1. The number of anilines is 1. The molecule has 0 bridgehead atoms. The Morgan fingerprint density at radius 2 is 1.92 bits per heavy atom. The van der Waals surface area contributed by atoms with E-state index in [-0.39, 0.29) is 12.5 Å². The summed E-state index contributed by atoms with van der Waals surface area (Å²) in [6, 6.07) is 7.55. The summed E-state index contributed by atoms with van der Waals surface area (Å²) in [5, 5.41) is 5.61. The summed E-state index contributed by atoms with van der Waals surface area (Å²) in [4.78, 5) is 18.0. The minimum atomic E-state index is -4.19. The van der Waals surface area contributed by atoms with Crippen LogP contribution in [0.2, 0.25) is 0 Å². The molecule has 1 aromatic carbocycles. The number of halogens is 3. The highest BCUT2D eigenvalue weighted by atomic mass is 19.4. The van der Waals surface area contributed by atoms with Gasteiger partial charge in [0.05, 0.1) is 13.0 Å². The summed E-state index contributed by atoms with van der Waals surface area (Å²) >= 11 is 0. The van der Waals surface area contributed by atoms with E-state index in [9.17, 15) is 18.0 Å². The highest BCUT2D eigenvalue weighted by Crippen LogP contribution is 2.21. The molecule has 5 nitrogen and oxygen atoms in total. The Balaban J connectivity index is 1.92. The number of benzene rings is 1. The molecule has 1 amide bonds. The van der Waals surface area contributed by atoms with Gasteiger partial charge in [0.1, 0.15) is 0 Å². The average Bonchev–Trinajstić information content (AvgIpc) is 2.60. The van der Waals surface area contributed by atoms with Crippen molar-refractivity contribution in [3.8, 4) is 0 Å². The van der Waals surface area contributed by atoms with Crippen LogP contribution in [0.5, 0.6) is 0 Å². The topological polar surface area (TPSA) is 56.7 Å². The molecule has 1 aromatic rings. The van der Waals surface area contributed by atoms with E-state index in [1.54, 1.807) is 4.90 Å². The quantitative estimate of drug-likeness (QED) is 0.597. The summed E-state index contributed by atoms with van der Waals surface area (Å²) in [7, 11) is 0. The Hall–Kier alpha value is -2.25. The number of carbonyl (C=O) groups excluding carboxylic acids is 1. The van der Waals surface area contributed by atoms with Crippen molar-refractivity contribution in [3.05, 3.63) is 29.8 Å². The van der Waals surface area contributed by atoms with Gasteiger partial charge in [-0.15, -0.1) is 0 Å². The Bertz CT molecular complexity index is 614. The van der Waals surface area contributed by atoms with Crippen LogP contribution in [0, 0.1) is 0 Å². The third-order valence-electron chi connectivity index (χ3n) is 4.04. The van der Waals surface area contributed by atoms with Crippen molar-refractivity contribution < 1.29 is 18.0 Å². The van der Waals surface area contributed by atoms with E-state index in [0.29, 0.717) is 25.5 Å². The lowest BCUT2D eigenvalue weighted by Crippen LogP contribution is -2.38. The van der Waals surface area contributed by atoms with Gasteiger partial charge in [0.25, 0.3) is 0 Å². The molecule has 8 heteroatoms. The smallest absolute Gasteiger partial charge is 0.357 e. The van der Waals surface area contributed by atoms with Crippen molar-refractivity contribution in [2.45, 2.75) is 45.3 Å². The lowest BCUT2D eigenvalue weighted by Gasteiger charge is -2.26. The van der Waals surface area contributed by atoms with Crippen LogP contribution >= 0.6 is 0 Å². The lowest BCUT2D eigenvalue weighted by atomic mass is 10.1. The standard InChI is InChI=1S/C18H25F3N4O/c1-2-22-17(23-11-10-18(19,20)21)24-13-14-6-8-15(9-7-14)25-12-4-3-5-16(25)26/h6-9H,2-5,10-13H2,1H3,(H2,22,23,24). The molecule has 0 spiro atoms. The Kier molecular flexibility index (Phi) is 7.29. The van der Waals surface area contributed by atoms with Crippen LogP contribution in [0.25, 0.3) is 0 Å². The largest absolute Gasteiger partial charge is 0.390 e. The van der Waals surface area contributed by atoms with E-state index in [1.807, 2.05) is 31.2 Å². The number of amides is 1. The highest BCUT2D eigenvalue weighted by Gasteiger charge is 2.26. The molecule has 1 aliphatic heterocycles. The summed E-state index contributed by atoms with van der Waals surface area (Å²) in [5.74, 6) is 0.498. The van der Waals surface area contributed by atoms with Crippen molar-refractivity contribution in [2.75, 3.05) is 24.5 Å². The van der Waals surface area contributed by atoms with Crippen LogP contribution in [0.1, 0.15) is 38.2 Å². The summed E-state index contributed by atoms with van der Waals surface area (Å²) < 4.78 is 36.7. The summed E-state index contributed by atoms with van der Waals surface area (Å²) in [6.45, 7) is 3.28. The number of carbonyl (C=O) groups is 1. The molecule has 1 heterocycles. The van der Waals surface area contributed by atoms with E-state index in [4.69, 9.17) is 0 Å². The number of guanidine groups is 1. The predicted octanol–water partition coefficient (Wildman–Crippen LogP) is 3.21. The van der Waals surface area contributed by atoms with Crippen molar-refractivity contribution in [3.63, 3.8) is 0 Å². The molecule has 144 valence electrons. The van der Waals surface area contributed by atoms with Gasteiger partial charge in [0.15, 0.2) is 5.96 Å². The molecule has 1 fully saturated rings. The summed E-state index contributed by atoms with van der Waals surface area (Å²) in [6.07, 6.45) is -2.56. The van der Waals surface area contributed by atoms with Crippen LogP contribution in [0.3, 0.4) is 0 Å². The first-order chi connectivity index (χ1) is 12.4. The number of hydrogen-bond donors (Lipinski definition) is 2. The molecule has 1 saturated heterocycles. The normalized spacial score (nSPS) is 15.9. The highest BCUT2D eigenvalue weighted by molar-refractivity contribution is 5.93. The van der Waals surface area contributed by atoms with E-state index >= 15 is 0 Å². The third-order valence-corrected chi connectivity index (χ3v) is 4.04. The van der Waals surface area contributed by atoms with Gasteiger partial charge < -0.3 is 15.5 Å². The molecule has 0 aliphatic carbocycles. The van der Waals surface area contributed by atoms with Gasteiger partial charge >= 0.3 is 6.18 Å². The van der Waals surface area contributed by atoms with E-state index < -0.39 is 12.6 Å². The zero-order valence-electron chi connectivity index (χ0n) is 14.9. The molecule has 0 saturated carbocycles. The van der Waals surface area contributed by atoms with E-state index in [2.05, 4.69) is 15.6 Å². The fourth-order valence-corrected chi connectivity index (χ4v) is 2.69. The number of alkyl halides is 3. The number of piperidine rings is 1. The second kappa shape index (κ2) is 9.45. The van der Waals surface area contributed by atoms with E-state index in [0.717, 1.165) is 30.6 Å². The molecular weight excluding hydrogens is 345 g/mol. The Morgan fingerprint density at radius 1 is 1.19 bits per heavy atom. The second-order valence-electron chi connectivity index (χ2n) is 6.16. The zero-order chi connectivity index (χ0) is 19.0.